The van der Waals surface area contributed by atoms with E-state index in [1.165, 1.54) is 24.7 Å². The lowest BCUT2D eigenvalue weighted by molar-refractivity contribution is -0.132. The minimum absolute atomic E-state index is 0.0223. The molecule has 1 saturated heterocycles. The van der Waals surface area contributed by atoms with E-state index in [9.17, 15) is 4.79 Å². The predicted octanol–water partition coefficient (Wildman–Crippen LogP) is 2.88. The molecule has 8 nitrogen and oxygen atoms in total. The van der Waals surface area contributed by atoms with E-state index >= 15 is 0 Å². The standard InChI is InChI=1S/C20H21ClN6O2/c1-26-5-4-15(20(26)28)29-16-6-13(12-2-3-12)9-27-10-14(25-19(16)27)8-22-18-7-17(21)23-11-24-18/h6-7,9-12,15H,2-5,8H2,1H3,(H,22,23,24). The monoisotopic (exact) mass is 412 g/mol. The summed E-state index contributed by atoms with van der Waals surface area (Å²) in [7, 11) is 1.81. The lowest BCUT2D eigenvalue weighted by Gasteiger charge is -2.14. The summed E-state index contributed by atoms with van der Waals surface area (Å²) in [5.41, 5.74) is 2.78. The molecule has 1 amide bonds. The van der Waals surface area contributed by atoms with Crippen LogP contribution in [0.4, 0.5) is 5.82 Å². The molecule has 0 bridgehead atoms. The number of aromatic nitrogens is 4. The van der Waals surface area contributed by atoms with Gasteiger partial charge in [-0.1, -0.05) is 11.6 Å². The van der Waals surface area contributed by atoms with Crippen LogP contribution in [0.1, 0.15) is 36.4 Å². The third kappa shape index (κ3) is 3.72. The zero-order valence-corrected chi connectivity index (χ0v) is 16.8. The van der Waals surface area contributed by atoms with Gasteiger partial charge < -0.3 is 19.4 Å². The van der Waals surface area contributed by atoms with Crippen LogP contribution in [0.15, 0.2) is 30.9 Å². The number of amides is 1. The lowest BCUT2D eigenvalue weighted by atomic mass is 10.2. The molecule has 1 atom stereocenters. The van der Waals surface area contributed by atoms with Gasteiger partial charge in [0.15, 0.2) is 17.5 Å². The molecule has 1 N–H and O–H groups in total. The van der Waals surface area contributed by atoms with Crippen molar-refractivity contribution in [3.63, 3.8) is 0 Å². The van der Waals surface area contributed by atoms with E-state index in [0.717, 1.165) is 5.69 Å². The van der Waals surface area contributed by atoms with Crippen molar-refractivity contribution in [2.45, 2.75) is 37.8 Å². The van der Waals surface area contributed by atoms with Crippen LogP contribution >= 0.6 is 11.6 Å². The maximum absolute atomic E-state index is 12.3. The number of likely N-dealkylation sites (N-methyl/N-ethyl adjacent to an activating group) is 1. The Kier molecular flexibility index (Phi) is 4.50. The van der Waals surface area contributed by atoms with Crippen molar-refractivity contribution in [1.82, 2.24) is 24.3 Å². The number of imidazole rings is 1. The minimum Gasteiger partial charge on any atom is -0.477 e. The normalized spacial score (nSPS) is 19.2. The highest BCUT2D eigenvalue weighted by Gasteiger charge is 2.32. The number of rotatable bonds is 6. The van der Waals surface area contributed by atoms with Crippen molar-refractivity contribution in [1.29, 1.82) is 0 Å². The van der Waals surface area contributed by atoms with E-state index in [2.05, 4.69) is 21.5 Å². The van der Waals surface area contributed by atoms with E-state index in [4.69, 9.17) is 21.3 Å². The first-order chi connectivity index (χ1) is 14.1. The molecule has 0 radical (unpaired) electrons. The molecule has 29 heavy (non-hydrogen) atoms. The number of hydrogen-bond acceptors (Lipinski definition) is 6. The molecule has 3 aromatic rings. The summed E-state index contributed by atoms with van der Waals surface area (Å²) in [5.74, 6) is 1.89. The summed E-state index contributed by atoms with van der Waals surface area (Å²) in [5, 5.41) is 3.59. The Labute approximate surface area is 172 Å². The molecular formula is C20H21ClN6O2. The molecule has 1 saturated carbocycles. The Morgan fingerprint density at radius 3 is 2.83 bits per heavy atom. The fourth-order valence-corrected chi connectivity index (χ4v) is 3.76. The van der Waals surface area contributed by atoms with Gasteiger partial charge in [0.25, 0.3) is 5.91 Å². The van der Waals surface area contributed by atoms with E-state index in [1.807, 2.05) is 16.7 Å². The van der Waals surface area contributed by atoms with Crippen molar-refractivity contribution >= 4 is 29.0 Å². The maximum atomic E-state index is 12.3. The molecule has 1 aliphatic carbocycles. The van der Waals surface area contributed by atoms with Gasteiger partial charge in [0.1, 0.15) is 17.3 Å². The van der Waals surface area contributed by atoms with Crippen LogP contribution in [0, 0.1) is 0 Å². The first kappa shape index (κ1) is 18.2. The van der Waals surface area contributed by atoms with Crippen molar-refractivity contribution in [2.24, 2.45) is 0 Å². The van der Waals surface area contributed by atoms with Gasteiger partial charge in [-0.3, -0.25) is 4.79 Å². The first-order valence-electron chi connectivity index (χ1n) is 9.71. The van der Waals surface area contributed by atoms with Gasteiger partial charge in [-0.15, -0.1) is 0 Å². The molecule has 150 valence electrons. The second-order valence-electron chi connectivity index (χ2n) is 7.61. The van der Waals surface area contributed by atoms with Crippen LogP contribution in [-0.4, -0.2) is 49.9 Å². The highest BCUT2D eigenvalue weighted by atomic mass is 35.5. The van der Waals surface area contributed by atoms with E-state index in [1.54, 1.807) is 18.0 Å². The number of hydrogen-bond donors (Lipinski definition) is 1. The van der Waals surface area contributed by atoms with Crippen LogP contribution in [0.25, 0.3) is 5.65 Å². The first-order valence-corrected chi connectivity index (χ1v) is 10.1. The van der Waals surface area contributed by atoms with E-state index in [0.29, 0.717) is 47.8 Å². The quantitative estimate of drug-likeness (QED) is 0.627. The number of likely N-dealkylation sites (tertiary alicyclic amines) is 1. The number of carbonyl (C=O) groups excluding carboxylic acids is 1. The Morgan fingerprint density at radius 1 is 1.24 bits per heavy atom. The fourth-order valence-electron chi connectivity index (χ4n) is 3.62. The summed E-state index contributed by atoms with van der Waals surface area (Å²) in [6.07, 6.45) is 8.13. The van der Waals surface area contributed by atoms with Gasteiger partial charge in [-0.2, -0.15) is 0 Å². The Balaban J connectivity index is 1.43. The van der Waals surface area contributed by atoms with Crippen LogP contribution < -0.4 is 10.1 Å². The molecule has 1 aliphatic heterocycles. The molecular weight excluding hydrogens is 392 g/mol. The molecule has 2 aliphatic rings. The SMILES string of the molecule is CN1CCC(Oc2cc(C3CC3)cn3cc(CNc4cc(Cl)ncn4)nc23)C1=O. The highest BCUT2D eigenvalue weighted by molar-refractivity contribution is 6.29. The Hall–Kier alpha value is -2.87. The number of carbonyl (C=O) groups is 1. The zero-order chi connectivity index (χ0) is 20.0. The second kappa shape index (κ2) is 7.18. The maximum Gasteiger partial charge on any atom is 0.263 e. The van der Waals surface area contributed by atoms with Gasteiger partial charge in [0.05, 0.1) is 12.2 Å². The van der Waals surface area contributed by atoms with Crippen molar-refractivity contribution in [3.05, 3.63) is 47.3 Å². The summed E-state index contributed by atoms with van der Waals surface area (Å²) >= 11 is 5.91. The molecule has 1 unspecified atom stereocenters. The predicted molar refractivity (Wildman–Crippen MR) is 108 cm³/mol. The number of anilines is 1. The highest BCUT2D eigenvalue weighted by Crippen LogP contribution is 2.42. The lowest BCUT2D eigenvalue weighted by Crippen LogP contribution is -2.29. The molecule has 0 aromatic carbocycles. The largest absolute Gasteiger partial charge is 0.477 e. The third-order valence-corrected chi connectivity index (χ3v) is 5.58. The molecule has 3 aromatic heterocycles. The summed E-state index contributed by atoms with van der Waals surface area (Å²) in [4.78, 5) is 26.8. The zero-order valence-electron chi connectivity index (χ0n) is 16.0. The molecule has 4 heterocycles. The van der Waals surface area contributed by atoms with Crippen molar-refractivity contribution < 1.29 is 9.53 Å². The van der Waals surface area contributed by atoms with Crippen molar-refractivity contribution in [2.75, 3.05) is 18.9 Å². The molecule has 9 heteroatoms. The van der Waals surface area contributed by atoms with Gasteiger partial charge in [-0.05, 0) is 30.4 Å². The van der Waals surface area contributed by atoms with Gasteiger partial charge >= 0.3 is 0 Å². The number of pyridine rings is 1. The number of nitrogens with zero attached hydrogens (tertiary/aromatic N) is 5. The Bertz CT molecular complexity index is 1080. The average molecular weight is 413 g/mol. The summed E-state index contributed by atoms with van der Waals surface area (Å²) < 4.78 is 8.14. The molecule has 2 fully saturated rings. The summed E-state index contributed by atoms with van der Waals surface area (Å²) in [6, 6.07) is 3.71. The van der Waals surface area contributed by atoms with Gasteiger partial charge in [0.2, 0.25) is 0 Å². The number of halogens is 1. The molecule has 0 spiro atoms. The number of fused-ring (bicyclic) bond motifs is 1. The van der Waals surface area contributed by atoms with Crippen LogP contribution in [0.3, 0.4) is 0 Å². The third-order valence-electron chi connectivity index (χ3n) is 5.37. The van der Waals surface area contributed by atoms with Gasteiger partial charge in [0, 0.05) is 38.5 Å². The van der Waals surface area contributed by atoms with Crippen LogP contribution in [-0.2, 0) is 11.3 Å². The minimum atomic E-state index is -0.445. The van der Waals surface area contributed by atoms with Crippen molar-refractivity contribution in [3.8, 4) is 5.75 Å². The van der Waals surface area contributed by atoms with E-state index in [-0.39, 0.29) is 5.91 Å². The number of ether oxygens (including phenoxy) is 1. The van der Waals surface area contributed by atoms with Crippen LogP contribution in [0.2, 0.25) is 5.15 Å². The van der Waals surface area contributed by atoms with Crippen LogP contribution in [0.5, 0.6) is 5.75 Å². The topological polar surface area (TPSA) is 84.7 Å². The average Bonchev–Trinajstić information content (AvgIpc) is 3.41. The molecule has 5 rings (SSSR count). The number of nitrogens with one attached hydrogen (secondary N) is 1. The fraction of sp³-hybridized carbons (Fsp3) is 0.400. The summed E-state index contributed by atoms with van der Waals surface area (Å²) in [6.45, 7) is 1.20. The van der Waals surface area contributed by atoms with E-state index < -0.39 is 6.10 Å². The second-order valence-corrected chi connectivity index (χ2v) is 8.00. The van der Waals surface area contributed by atoms with Gasteiger partial charge in [-0.25, -0.2) is 15.0 Å². The Morgan fingerprint density at radius 2 is 2.10 bits per heavy atom. The smallest absolute Gasteiger partial charge is 0.263 e.